The van der Waals surface area contributed by atoms with Crippen LogP contribution in [0.15, 0.2) is 54.6 Å². The lowest BCUT2D eigenvalue weighted by atomic mass is 10.1. The molecule has 3 aromatic rings. The van der Waals surface area contributed by atoms with Crippen molar-refractivity contribution in [3.63, 3.8) is 0 Å². The Morgan fingerprint density at radius 1 is 1.08 bits per heavy atom. The average molecular weight is 351 g/mol. The zero-order chi connectivity index (χ0) is 17.1. The van der Waals surface area contributed by atoms with E-state index in [1.54, 1.807) is 0 Å². The van der Waals surface area contributed by atoms with Gasteiger partial charge < -0.3 is 4.74 Å². The van der Waals surface area contributed by atoms with E-state index in [1.807, 2.05) is 54.6 Å². The van der Waals surface area contributed by atoms with Crippen LogP contribution in [0.1, 0.15) is 23.8 Å². The molecule has 1 saturated carbocycles. The first-order valence-corrected chi connectivity index (χ1v) is 9.02. The van der Waals surface area contributed by atoms with Gasteiger partial charge in [0.1, 0.15) is 10.8 Å². The van der Waals surface area contributed by atoms with E-state index in [2.05, 4.69) is 15.5 Å². The number of rotatable bonds is 6. The third-order valence-corrected chi connectivity index (χ3v) is 4.95. The summed E-state index contributed by atoms with van der Waals surface area (Å²) in [7, 11) is 0. The second-order valence-electron chi connectivity index (χ2n) is 5.92. The number of carbonyl (C=O) groups is 1. The van der Waals surface area contributed by atoms with Gasteiger partial charge in [0.05, 0.1) is 0 Å². The standard InChI is InChI=1S/C19H17N3O2S/c23-17(20-19-22-21-18(25-19)14-10-11-14)12-24-16-9-5-4-8-15(16)13-6-2-1-3-7-13/h1-9,14H,10-12H2,(H,20,22,23). The van der Waals surface area contributed by atoms with Crippen LogP contribution in [0.4, 0.5) is 5.13 Å². The molecule has 0 aliphatic heterocycles. The number of para-hydroxylation sites is 1. The van der Waals surface area contributed by atoms with Crippen LogP contribution in [-0.2, 0) is 4.79 Å². The lowest BCUT2D eigenvalue weighted by Crippen LogP contribution is -2.20. The first kappa shape index (κ1) is 15.8. The van der Waals surface area contributed by atoms with Gasteiger partial charge in [0.25, 0.3) is 5.91 Å². The van der Waals surface area contributed by atoms with Gasteiger partial charge in [-0.15, -0.1) is 10.2 Å². The Morgan fingerprint density at radius 2 is 1.84 bits per heavy atom. The van der Waals surface area contributed by atoms with Crippen molar-refractivity contribution in [2.24, 2.45) is 0 Å². The molecule has 1 amide bonds. The van der Waals surface area contributed by atoms with Crippen molar-refractivity contribution >= 4 is 22.4 Å². The van der Waals surface area contributed by atoms with E-state index in [9.17, 15) is 4.79 Å². The van der Waals surface area contributed by atoms with E-state index in [1.165, 1.54) is 24.2 Å². The first-order chi connectivity index (χ1) is 12.3. The molecule has 4 rings (SSSR count). The van der Waals surface area contributed by atoms with Crippen LogP contribution in [0.5, 0.6) is 5.75 Å². The Labute approximate surface area is 149 Å². The molecular formula is C19H17N3O2S. The number of carbonyl (C=O) groups excluding carboxylic acids is 1. The largest absolute Gasteiger partial charge is 0.483 e. The molecule has 1 fully saturated rings. The molecule has 0 radical (unpaired) electrons. The number of benzene rings is 2. The minimum absolute atomic E-state index is 0.0673. The Balaban J connectivity index is 1.40. The fraction of sp³-hybridized carbons (Fsp3) is 0.211. The Hall–Kier alpha value is -2.73. The molecule has 0 saturated heterocycles. The van der Waals surface area contributed by atoms with Crippen molar-refractivity contribution in [1.82, 2.24) is 10.2 Å². The molecule has 5 nitrogen and oxygen atoms in total. The summed E-state index contributed by atoms with van der Waals surface area (Å²) in [5, 5.41) is 12.4. The molecule has 126 valence electrons. The van der Waals surface area contributed by atoms with Crippen LogP contribution in [0.25, 0.3) is 11.1 Å². The molecule has 6 heteroatoms. The van der Waals surface area contributed by atoms with Crippen LogP contribution in [0, 0.1) is 0 Å². The fourth-order valence-corrected chi connectivity index (χ4v) is 3.46. The number of ether oxygens (including phenoxy) is 1. The molecular weight excluding hydrogens is 334 g/mol. The summed E-state index contributed by atoms with van der Waals surface area (Å²) in [4.78, 5) is 12.1. The summed E-state index contributed by atoms with van der Waals surface area (Å²) in [6.07, 6.45) is 2.34. The Bertz CT molecular complexity index is 875. The van der Waals surface area contributed by atoms with Crippen LogP contribution in [0.2, 0.25) is 0 Å². The number of nitrogens with one attached hydrogen (secondary N) is 1. The van der Waals surface area contributed by atoms with E-state index in [-0.39, 0.29) is 12.5 Å². The quantitative estimate of drug-likeness (QED) is 0.726. The summed E-state index contributed by atoms with van der Waals surface area (Å²) >= 11 is 1.44. The van der Waals surface area contributed by atoms with Crippen molar-refractivity contribution in [3.8, 4) is 16.9 Å². The summed E-state index contributed by atoms with van der Waals surface area (Å²) < 4.78 is 5.74. The Morgan fingerprint density at radius 3 is 2.64 bits per heavy atom. The third-order valence-electron chi connectivity index (χ3n) is 3.94. The van der Waals surface area contributed by atoms with E-state index in [0.717, 1.165) is 16.1 Å². The predicted molar refractivity (Wildman–Crippen MR) is 97.9 cm³/mol. The number of amides is 1. The summed E-state index contributed by atoms with van der Waals surface area (Å²) in [6.45, 7) is -0.0673. The second kappa shape index (κ2) is 7.03. The fourth-order valence-electron chi connectivity index (χ4n) is 2.53. The van der Waals surface area contributed by atoms with Crippen LogP contribution < -0.4 is 10.1 Å². The van der Waals surface area contributed by atoms with Crippen molar-refractivity contribution in [1.29, 1.82) is 0 Å². The predicted octanol–water partition coefficient (Wildman–Crippen LogP) is 4.10. The van der Waals surface area contributed by atoms with E-state index < -0.39 is 0 Å². The number of hydrogen-bond acceptors (Lipinski definition) is 5. The molecule has 1 N–H and O–H groups in total. The highest BCUT2D eigenvalue weighted by atomic mass is 32.1. The average Bonchev–Trinajstić information content (AvgIpc) is 3.41. The maximum atomic E-state index is 12.1. The minimum Gasteiger partial charge on any atom is -0.483 e. The van der Waals surface area contributed by atoms with Gasteiger partial charge in [0.2, 0.25) is 5.13 Å². The van der Waals surface area contributed by atoms with Gasteiger partial charge in [-0.1, -0.05) is 59.9 Å². The van der Waals surface area contributed by atoms with Crippen molar-refractivity contribution in [2.75, 3.05) is 11.9 Å². The topological polar surface area (TPSA) is 64.1 Å². The zero-order valence-corrected chi connectivity index (χ0v) is 14.3. The molecule has 1 aliphatic rings. The molecule has 0 unspecified atom stereocenters. The van der Waals surface area contributed by atoms with E-state index in [0.29, 0.717) is 16.8 Å². The molecule has 0 spiro atoms. The molecule has 2 aromatic carbocycles. The highest BCUT2D eigenvalue weighted by Crippen LogP contribution is 2.42. The van der Waals surface area contributed by atoms with Gasteiger partial charge >= 0.3 is 0 Å². The maximum absolute atomic E-state index is 12.1. The number of hydrogen-bond donors (Lipinski definition) is 1. The van der Waals surface area contributed by atoms with Gasteiger partial charge in [-0.3, -0.25) is 10.1 Å². The van der Waals surface area contributed by atoms with Crippen LogP contribution >= 0.6 is 11.3 Å². The number of anilines is 1. The van der Waals surface area contributed by atoms with Crippen molar-refractivity contribution in [2.45, 2.75) is 18.8 Å². The monoisotopic (exact) mass is 351 g/mol. The van der Waals surface area contributed by atoms with Crippen molar-refractivity contribution < 1.29 is 9.53 Å². The second-order valence-corrected chi connectivity index (χ2v) is 6.93. The number of aromatic nitrogens is 2. The minimum atomic E-state index is -0.235. The van der Waals surface area contributed by atoms with Gasteiger partial charge in [-0.25, -0.2) is 0 Å². The van der Waals surface area contributed by atoms with Crippen LogP contribution in [-0.4, -0.2) is 22.7 Å². The smallest absolute Gasteiger partial charge is 0.264 e. The van der Waals surface area contributed by atoms with Gasteiger partial charge in [0, 0.05) is 11.5 Å². The maximum Gasteiger partial charge on any atom is 0.264 e. The molecule has 1 heterocycles. The molecule has 25 heavy (non-hydrogen) atoms. The summed E-state index contributed by atoms with van der Waals surface area (Å²) in [6, 6.07) is 17.7. The molecule has 0 bridgehead atoms. The third kappa shape index (κ3) is 3.85. The zero-order valence-electron chi connectivity index (χ0n) is 13.5. The van der Waals surface area contributed by atoms with Crippen LogP contribution in [0.3, 0.4) is 0 Å². The SMILES string of the molecule is O=C(COc1ccccc1-c1ccccc1)Nc1nnc(C2CC2)s1. The van der Waals surface area contributed by atoms with Gasteiger partial charge in [0.15, 0.2) is 6.61 Å². The summed E-state index contributed by atoms with van der Waals surface area (Å²) in [5.41, 5.74) is 2.01. The van der Waals surface area contributed by atoms with Gasteiger partial charge in [-0.05, 0) is 24.5 Å². The molecule has 0 atom stereocenters. The lowest BCUT2D eigenvalue weighted by molar-refractivity contribution is -0.118. The van der Waals surface area contributed by atoms with Gasteiger partial charge in [-0.2, -0.15) is 0 Å². The normalized spacial score (nSPS) is 13.4. The Kier molecular flexibility index (Phi) is 4.43. The first-order valence-electron chi connectivity index (χ1n) is 8.20. The summed E-state index contributed by atoms with van der Waals surface area (Å²) in [5.74, 6) is 0.985. The molecule has 1 aliphatic carbocycles. The highest BCUT2D eigenvalue weighted by Gasteiger charge is 2.27. The van der Waals surface area contributed by atoms with E-state index in [4.69, 9.17) is 4.74 Å². The molecule has 1 aromatic heterocycles. The highest BCUT2D eigenvalue weighted by molar-refractivity contribution is 7.15. The van der Waals surface area contributed by atoms with E-state index >= 15 is 0 Å². The van der Waals surface area contributed by atoms with Crippen molar-refractivity contribution in [3.05, 3.63) is 59.6 Å². The number of nitrogens with zero attached hydrogens (tertiary/aromatic N) is 2. The lowest BCUT2D eigenvalue weighted by Gasteiger charge is -2.11.